The number of fused-ring (bicyclic) bond motifs is 1. The molecule has 1 aromatic rings. The summed E-state index contributed by atoms with van der Waals surface area (Å²) >= 11 is 0. The van der Waals surface area contributed by atoms with Gasteiger partial charge in [0.05, 0.1) is 5.92 Å². The highest BCUT2D eigenvalue weighted by Crippen LogP contribution is 2.55. The van der Waals surface area contributed by atoms with Crippen molar-refractivity contribution in [1.29, 1.82) is 0 Å². The predicted molar refractivity (Wildman–Crippen MR) is 100 cm³/mol. The summed E-state index contributed by atoms with van der Waals surface area (Å²) in [6, 6.07) is 7.03. The highest BCUT2D eigenvalue weighted by atomic mass is 16.4. The number of hydrogen-bond acceptors (Lipinski definition) is 3. The number of piperidine rings is 1. The van der Waals surface area contributed by atoms with Gasteiger partial charge in [-0.2, -0.15) is 0 Å². The van der Waals surface area contributed by atoms with Gasteiger partial charge >= 0.3 is 5.97 Å². The Hall–Kier alpha value is -2.37. The second-order valence-electron chi connectivity index (χ2n) is 8.11. The summed E-state index contributed by atoms with van der Waals surface area (Å²) in [5, 5.41) is 12.1. The zero-order chi connectivity index (χ0) is 19.0. The molecule has 2 aliphatic carbocycles. The van der Waals surface area contributed by atoms with Crippen molar-refractivity contribution >= 4 is 23.5 Å². The number of rotatable bonds is 4. The number of nitrogens with one attached hydrogen (secondary N) is 1. The van der Waals surface area contributed by atoms with Crippen molar-refractivity contribution in [3.8, 4) is 0 Å². The van der Waals surface area contributed by atoms with E-state index in [1.54, 1.807) is 29.2 Å². The molecule has 0 aromatic heterocycles. The van der Waals surface area contributed by atoms with Crippen molar-refractivity contribution in [3.05, 3.63) is 29.8 Å². The van der Waals surface area contributed by atoms with Gasteiger partial charge in [-0.15, -0.1) is 0 Å². The summed E-state index contributed by atoms with van der Waals surface area (Å²) < 4.78 is 0. The van der Waals surface area contributed by atoms with Gasteiger partial charge in [0.15, 0.2) is 0 Å². The minimum atomic E-state index is -0.780. The number of carbonyl (C=O) groups is 3. The fourth-order valence-electron chi connectivity index (χ4n) is 4.82. The van der Waals surface area contributed by atoms with E-state index < -0.39 is 5.97 Å². The third-order valence-corrected chi connectivity index (χ3v) is 6.49. The van der Waals surface area contributed by atoms with Crippen LogP contribution in [0.2, 0.25) is 0 Å². The molecule has 2 saturated carbocycles. The number of anilines is 1. The van der Waals surface area contributed by atoms with Crippen molar-refractivity contribution in [2.24, 2.45) is 23.7 Å². The first-order valence-corrected chi connectivity index (χ1v) is 9.97. The van der Waals surface area contributed by atoms with E-state index in [9.17, 15) is 14.4 Å². The van der Waals surface area contributed by atoms with Gasteiger partial charge in [0.2, 0.25) is 5.91 Å². The molecule has 2 N–H and O–H groups in total. The molecule has 3 aliphatic rings. The first-order valence-electron chi connectivity index (χ1n) is 9.97. The van der Waals surface area contributed by atoms with E-state index in [2.05, 4.69) is 5.32 Å². The maximum Gasteiger partial charge on any atom is 0.306 e. The zero-order valence-corrected chi connectivity index (χ0v) is 15.4. The fraction of sp³-hybridized carbons (Fsp3) is 0.571. The summed E-state index contributed by atoms with van der Waals surface area (Å²) in [5.74, 6) is 0.230. The molecule has 0 spiro atoms. The van der Waals surface area contributed by atoms with E-state index in [1.165, 1.54) is 25.7 Å². The van der Waals surface area contributed by atoms with Crippen molar-refractivity contribution in [1.82, 2.24) is 4.90 Å². The van der Waals surface area contributed by atoms with Crippen molar-refractivity contribution in [2.45, 2.75) is 38.5 Å². The minimum absolute atomic E-state index is 0.0788. The SMILES string of the molecule is O=C(O)C1CCN(C(=O)c2ccc(NC(=O)C3C4CCCCC43)cc2)CC1. The largest absolute Gasteiger partial charge is 0.481 e. The Bertz CT molecular complexity index is 725. The molecular weight excluding hydrogens is 344 g/mol. The van der Waals surface area contributed by atoms with E-state index in [1.807, 2.05) is 0 Å². The number of amides is 2. The van der Waals surface area contributed by atoms with Crippen LogP contribution in [0.4, 0.5) is 5.69 Å². The molecule has 27 heavy (non-hydrogen) atoms. The molecule has 2 unspecified atom stereocenters. The third kappa shape index (κ3) is 3.70. The van der Waals surface area contributed by atoms with E-state index >= 15 is 0 Å². The Kier molecular flexibility index (Phi) is 4.89. The van der Waals surface area contributed by atoms with Crippen LogP contribution in [0.25, 0.3) is 0 Å². The van der Waals surface area contributed by atoms with Crippen LogP contribution in [-0.4, -0.2) is 40.9 Å². The molecule has 1 aromatic carbocycles. The van der Waals surface area contributed by atoms with Crippen LogP contribution in [0.1, 0.15) is 48.9 Å². The molecule has 0 radical (unpaired) electrons. The average Bonchev–Trinajstić information content (AvgIpc) is 3.43. The first-order chi connectivity index (χ1) is 13.0. The first kappa shape index (κ1) is 18.0. The molecule has 1 saturated heterocycles. The van der Waals surface area contributed by atoms with Crippen LogP contribution < -0.4 is 5.32 Å². The Labute approximate surface area is 158 Å². The summed E-state index contributed by atoms with van der Waals surface area (Å²) in [5.41, 5.74) is 1.30. The van der Waals surface area contributed by atoms with Crippen LogP contribution in [0.3, 0.4) is 0 Å². The molecule has 6 heteroatoms. The van der Waals surface area contributed by atoms with Crippen LogP contribution in [0, 0.1) is 23.7 Å². The third-order valence-electron chi connectivity index (χ3n) is 6.49. The molecular formula is C21H26N2O4. The number of carboxylic acids is 1. The van der Waals surface area contributed by atoms with Gasteiger partial charge in [0, 0.05) is 30.3 Å². The molecule has 3 fully saturated rings. The van der Waals surface area contributed by atoms with Crippen molar-refractivity contribution < 1.29 is 19.5 Å². The lowest BCUT2D eigenvalue weighted by molar-refractivity contribution is -0.143. The standard InChI is InChI=1S/C21H26N2O4/c24-19(18-16-3-1-2-4-17(16)18)22-15-7-5-13(6-8-15)20(25)23-11-9-14(10-12-23)21(26)27/h5-8,14,16-18H,1-4,9-12H2,(H,22,24)(H,26,27). The van der Waals surface area contributed by atoms with Crippen LogP contribution in [0.15, 0.2) is 24.3 Å². The molecule has 2 amide bonds. The Balaban J connectivity index is 1.32. The lowest BCUT2D eigenvalue weighted by atomic mass is 9.96. The second kappa shape index (κ2) is 7.33. The van der Waals surface area contributed by atoms with E-state index in [0.29, 0.717) is 43.3 Å². The predicted octanol–water partition coefficient (Wildman–Crippen LogP) is 3.00. The molecule has 1 aliphatic heterocycles. The quantitative estimate of drug-likeness (QED) is 0.853. The summed E-state index contributed by atoms with van der Waals surface area (Å²) in [6.45, 7) is 0.942. The Morgan fingerprint density at radius 3 is 2.07 bits per heavy atom. The summed E-state index contributed by atoms with van der Waals surface area (Å²) in [7, 11) is 0. The van der Waals surface area contributed by atoms with Gasteiger partial charge < -0.3 is 15.3 Å². The van der Waals surface area contributed by atoms with Crippen molar-refractivity contribution in [3.63, 3.8) is 0 Å². The molecule has 1 heterocycles. The van der Waals surface area contributed by atoms with Crippen LogP contribution in [0.5, 0.6) is 0 Å². The summed E-state index contributed by atoms with van der Waals surface area (Å²) in [6.07, 6.45) is 5.83. The highest BCUT2D eigenvalue weighted by Gasteiger charge is 2.54. The lowest BCUT2D eigenvalue weighted by Crippen LogP contribution is -2.40. The van der Waals surface area contributed by atoms with E-state index in [4.69, 9.17) is 5.11 Å². The number of likely N-dealkylation sites (tertiary alicyclic amines) is 1. The van der Waals surface area contributed by atoms with Crippen LogP contribution >= 0.6 is 0 Å². The number of nitrogens with zero attached hydrogens (tertiary/aromatic N) is 1. The second-order valence-corrected chi connectivity index (χ2v) is 8.11. The topological polar surface area (TPSA) is 86.7 Å². The number of aliphatic carboxylic acids is 1. The number of hydrogen-bond donors (Lipinski definition) is 2. The highest BCUT2D eigenvalue weighted by molar-refractivity contribution is 5.97. The van der Waals surface area contributed by atoms with Crippen molar-refractivity contribution in [2.75, 3.05) is 18.4 Å². The number of benzene rings is 1. The Morgan fingerprint density at radius 1 is 0.926 bits per heavy atom. The Morgan fingerprint density at radius 2 is 1.52 bits per heavy atom. The number of carbonyl (C=O) groups excluding carboxylic acids is 2. The molecule has 2 atom stereocenters. The van der Waals surface area contributed by atoms with Crippen LogP contribution in [-0.2, 0) is 9.59 Å². The van der Waals surface area contributed by atoms with Gasteiger partial charge in [0.1, 0.15) is 0 Å². The normalized spacial score (nSPS) is 27.6. The smallest absolute Gasteiger partial charge is 0.306 e. The molecule has 4 rings (SSSR count). The van der Waals surface area contributed by atoms with Gasteiger partial charge in [-0.05, 0) is 61.8 Å². The average molecular weight is 370 g/mol. The van der Waals surface area contributed by atoms with E-state index in [-0.39, 0.29) is 23.7 Å². The van der Waals surface area contributed by atoms with Gasteiger partial charge in [-0.1, -0.05) is 12.8 Å². The monoisotopic (exact) mass is 370 g/mol. The lowest BCUT2D eigenvalue weighted by Gasteiger charge is -2.30. The molecule has 0 bridgehead atoms. The molecule has 144 valence electrons. The number of carboxylic acid groups (broad SMARTS) is 1. The fourth-order valence-corrected chi connectivity index (χ4v) is 4.82. The van der Waals surface area contributed by atoms with Gasteiger partial charge in [0.25, 0.3) is 5.91 Å². The van der Waals surface area contributed by atoms with Gasteiger partial charge in [-0.3, -0.25) is 14.4 Å². The zero-order valence-electron chi connectivity index (χ0n) is 15.4. The maximum absolute atomic E-state index is 12.6. The van der Waals surface area contributed by atoms with Gasteiger partial charge in [-0.25, -0.2) is 0 Å². The molecule has 6 nitrogen and oxygen atoms in total. The maximum atomic E-state index is 12.6. The minimum Gasteiger partial charge on any atom is -0.481 e. The van der Waals surface area contributed by atoms with E-state index in [0.717, 1.165) is 5.69 Å². The summed E-state index contributed by atoms with van der Waals surface area (Å²) in [4.78, 5) is 37.8.